The van der Waals surface area contributed by atoms with Gasteiger partial charge in [0.25, 0.3) is 10.1 Å². The molecule has 2 N–H and O–H groups in total. The van der Waals surface area contributed by atoms with E-state index in [4.69, 9.17) is 9.47 Å². The predicted molar refractivity (Wildman–Crippen MR) is 195 cm³/mol. The first-order valence-corrected chi connectivity index (χ1v) is 19.8. The first-order chi connectivity index (χ1) is 23.8. The molecular formula is C38H46CaO10S2. The summed E-state index contributed by atoms with van der Waals surface area (Å²) >= 11 is 0. The molecule has 0 heterocycles. The van der Waals surface area contributed by atoms with Gasteiger partial charge in [0.05, 0.1) is 4.90 Å². The molecule has 0 amide bonds. The molecule has 13 heteroatoms. The van der Waals surface area contributed by atoms with Crippen molar-refractivity contribution in [2.45, 2.75) is 101 Å². The van der Waals surface area contributed by atoms with Gasteiger partial charge >= 0.3 is 37.7 Å². The molecule has 0 aromatic heterocycles. The summed E-state index contributed by atoms with van der Waals surface area (Å²) in [5.41, 5.74) is 1.87. The van der Waals surface area contributed by atoms with Gasteiger partial charge in [-0.15, -0.1) is 5.75 Å². The maximum absolute atomic E-state index is 11.6. The average molecular weight is 767 g/mol. The van der Waals surface area contributed by atoms with E-state index in [0.29, 0.717) is 11.5 Å². The Hall–Kier alpha value is -2.84. The second kappa shape index (κ2) is 22.3. The van der Waals surface area contributed by atoms with Crippen LogP contribution in [0.25, 0.3) is 0 Å². The zero-order valence-corrected chi connectivity index (χ0v) is 33.1. The fourth-order valence-corrected chi connectivity index (χ4v) is 6.31. The molecule has 10 nitrogen and oxygen atoms in total. The minimum atomic E-state index is -4.65. The van der Waals surface area contributed by atoms with Gasteiger partial charge in [0.2, 0.25) is 0 Å². The summed E-state index contributed by atoms with van der Waals surface area (Å²) < 4.78 is 78.1. The molecule has 4 aromatic carbocycles. The minimum absolute atomic E-state index is 0. The molecule has 0 spiro atoms. The third-order valence-corrected chi connectivity index (χ3v) is 9.59. The zero-order valence-electron chi connectivity index (χ0n) is 29.3. The summed E-state index contributed by atoms with van der Waals surface area (Å²) in [6, 6.07) is 20.7. The summed E-state index contributed by atoms with van der Waals surface area (Å²) in [4.78, 5) is -0.663. The van der Waals surface area contributed by atoms with Crippen LogP contribution < -0.4 is 14.6 Å². The van der Waals surface area contributed by atoms with Crippen LogP contribution in [0.1, 0.15) is 89.2 Å². The van der Waals surface area contributed by atoms with E-state index in [1.165, 1.54) is 99.2 Å². The van der Waals surface area contributed by atoms with Gasteiger partial charge < -0.3 is 24.2 Å². The summed E-state index contributed by atoms with van der Waals surface area (Å²) in [7, 11) is -9.03. The van der Waals surface area contributed by atoms with Crippen LogP contribution in [-0.4, -0.2) is 68.8 Å². The van der Waals surface area contributed by atoms with Crippen molar-refractivity contribution in [1.29, 1.82) is 0 Å². The number of rotatable bonds is 18. The summed E-state index contributed by atoms with van der Waals surface area (Å²) in [5, 5.41) is 20.5. The first-order valence-electron chi connectivity index (χ1n) is 16.9. The van der Waals surface area contributed by atoms with Crippen molar-refractivity contribution < 1.29 is 45.6 Å². The van der Waals surface area contributed by atoms with E-state index in [2.05, 4.69) is 13.8 Å². The van der Waals surface area contributed by atoms with Gasteiger partial charge in [-0.2, -0.15) is 8.42 Å². The molecule has 0 atom stereocenters. The van der Waals surface area contributed by atoms with Crippen molar-refractivity contribution in [2.75, 3.05) is 0 Å². The van der Waals surface area contributed by atoms with Crippen LogP contribution in [0.2, 0.25) is 0 Å². The van der Waals surface area contributed by atoms with Crippen LogP contribution in [-0.2, 0) is 33.1 Å². The van der Waals surface area contributed by atoms with Crippen LogP contribution in [0.5, 0.6) is 34.5 Å². The van der Waals surface area contributed by atoms with Crippen LogP contribution in [0.15, 0.2) is 94.7 Å². The number of unbranched alkanes of at least 4 members (excludes halogenated alkanes) is 8. The average Bonchev–Trinajstić information content (AvgIpc) is 3.06. The topological polar surface area (TPSA) is 173 Å². The molecule has 0 aliphatic rings. The first kappa shape index (κ1) is 44.3. The number of ether oxygens (including phenoxy) is 2. The van der Waals surface area contributed by atoms with Crippen molar-refractivity contribution >= 4 is 58.0 Å². The van der Waals surface area contributed by atoms with Crippen molar-refractivity contribution in [3.8, 4) is 34.5 Å². The van der Waals surface area contributed by atoms with E-state index in [1.54, 1.807) is 24.3 Å². The SMILES string of the molecule is CCCCCCCc1ccc(S(=O)(=O)O)c(Oc2ccc(O)cc2)c1.CCCCCCCc1ccc(S(=O)(=O)[O-])c(Oc2ccc([O-])cc2)c1.[Ca+2]. The molecular weight excluding hydrogens is 721 g/mol. The molecule has 0 bridgehead atoms. The number of hydrogen-bond donors (Lipinski definition) is 2. The van der Waals surface area contributed by atoms with Gasteiger partial charge in [-0.1, -0.05) is 89.5 Å². The minimum Gasteiger partial charge on any atom is -0.872 e. The van der Waals surface area contributed by atoms with Crippen molar-refractivity contribution in [2.24, 2.45) is 0 Å². The molecule has 0 saturated carbocycles. The van der Waals surface area contributed by atoms with E-state index in [9.17, 15) is 36.2 Å². The van der Waals surface area contributed by atoms with E-state index in [1.807, 2.05) is 0 Å². The van der Waals surface area contributed by atoms with E-state index < -0.39 is 25.1 Å². The maximum Gasteiger partial charge on any atom is 2.00 e. The second-order valence-corrected chi connectivity index (χ2v) is 14.7. The van der Waals surface area contributed by atoms with Gasteiger partial charge in [-0.3, -0.25) is 4.55 Å². The standard InChI is InChI=1S/2C19H24O5S.Ca/c2*1-2-3-4-5-6-7-15-8-13-19(25(21,22)23)18(14-15)24-17-11-9-16(20)10-12-17;/h2*8-14,20H,2-7H2,1H3,(H,21,22,23);/q;;+2/p-2. The fourth-order valence-electron chi connectivity index (χ4n) is 5.14. The Bertz CT molecular complexity index is 1710. The fraction of sp³-hybridized carbons (Fsp3) is 0.368. The predicted octanol–water partition coefficient (Wildman–Crippen LogP) is 8.53. The summed E-state index contributed by atoms with van der Waals surface area (Å²) in [6.45, 7) is 4.33. The van der Waals surface area contributed by atoms with Crippen LogP contribution in [0.4, 0.5) is 0 Å². The van der Waals surface area contributed by atoms with Gasteiger partial charge in [-0.25, -0.2) is 8.42 Å². The summed E-state index contributed by atoms with van der Waals surface area (Å²) in [6.07, 6.45) is 13.0. The van der Waals surface area contributed by atoms with Gasteiger partial charge in [0, 0.05) is 0 Å². The van der Waals surface area contributed by atoms with E-state index in [0.717, 1.165) is 49.7 Å². The Labute approximate surface area is 332 Å². The molecule has 0 saturated heterocycles. The van der Waals surface area contributed by atoms with E-state index in [-0.39, 0.29) is 65.6 Å². The van der Waals surface area contributed by atoms with Crippen molar-refractivity contribution in [3.05, 3.63) is 96.1 Å². The number of aryl methyl sites for hydroxylation is 2. The quantitative estimate of drug-likeness (QED) is 0.0568. The molecule has 4 rings (SSSR count). The Morgan fingerprint density at radius 3 is 1.43 bits per heavy atom. The molecule has 0 unspecified atom stereocenters. The Morgan fingerprint density at radius 1 is 0.588 bits per heavy atom. The van der Waals surface area contributed by atoms with Gasteiger partial charge in [0.15, 0.2) is 0 Å². The number of benzene rings is 4. The van der Waals surface area contributed by atoms with Gasteiger partial charge in [0.1, 0.15) is 43.8 Å². The third-order valence-electron chi connectivity index (χ3n) is 7.82. The molecule has 0 aliphatic heterocycles. The van der Waals surface area contributed by atoms with Crippen LogP contribution in [0.3, 0.4) is 0 Å². The molecule has 0 fully saturated rings. The number of phenols is 1. The molecule has 272 valence electrons. The van der Waals surface area contributed by atoms with Crippen molar-refractivity contribution in [1.82, 2.24) is 0 Å². The van der Waals surface area contributed by atoms with Gasteiger partial charge in [-0.05, 0) is 97.5 Å². The van der Waals surface area contributed by atoms with E-state index >= 15 is 0 Å². The molecule has 51 heavy (non-hydrogen) atoms. The van der Waals surface area contributed by atoms with Crippen LogP contribution in [0, 0.1) is 0 Å². The smallest absolute Gasteiger partial charge is 0.872 e. The largest absolute Gasteiger partial charge is 2.00 e. The second-order valence-electron chi connectivity index (χ2n) is 12.0. The zero-order chi connectivity index (χ0) is 36.6. The molecule has 0 aliphatic carbocycles. The third kappa shape index (κ3) is 16.2. The van der Waals surface area contributed by atoms with Crippen molar-refractivity contribution in [3.63, 3.8) is 0 Å². The Kier molecular flexibility index (Phi) is 19.4. The maximum atomic E-state index is 11.6. The Balaban J connectivity index is 0.000000347. The molecule has 4 aromatic rings. The number of phenolic OH excluding ortho intramolecular Hbond substituents is 1. The number of aromatic hydroxyl groups is 1. The normalized spacial score (nSPS) is 11.2. The van der Waals surface area contributed by atoms with Crippen LogP contribution >= 0.6 is 0 Å². The summed E-state index contributed by atoms with van der Waals surface area (Å²) in [5.74, 6) is 0.680. The Morgan fingerprint density at radius 2 is 1.00 bits per heavy atom. The molecule has 0 radical (unpaired) electrons. The monoisotopic (exact) mass is 766 g/mol. The number of hydrogen-bond acceptors (Lipinski definition) is 9.